The summed E-state index contributed by atoms with van der Waals surface area (Å²) >= 11 is 0. The first-order valence-corrected chi connectivity index (χ1v) is 12.4. The molecule has 1 fully saturated rings. The Kier molecular flexibility index (Phi) is 6.48. The van der Waals surface area contributed by atoms with Gasteiger partial charge in [0, 0.05) is 41.4 Å². The molecule has 6 heteroatoms. The summed E-state index contributed by atoms with van der Waals surface area (Å²) in [5.41, 5.74) is 4.63. The minimum absolute atomic E-state index is 0.0995. The molecule has 0 radical (unpaired) electrons. The first-order valence-electron chi connectivity index (χ1n) is 12.4. The fraction of sp³-hybridized carbons (Fsp3) is 0.393. The molecule has 1 aliphatic rings. The Morgan fingerprint density at radius 3 is 2.65 bits per heavy atom. The van der Waals surface area contributed by atoms with Gasteiger partial charge in [0.2, 0.25) is 11.7 Å². The van der Waals surface area contributed by atoms with Gasteiger partial charge in [0.25, 0.3) is 0 Å². The second-order valence-electron chi connectivity index (χ2n) is 9.14. The van der Waals surface area contributed by atoms with Crippen molar-refractivity contribution < 1.29 is 9.26 Å². The number of aryl methyl sites for hydroxylation is 1. The molecule has 0 N–H and O–H groups in total. The van der Waals surface area contributed by atoms with Gasteiger partial charge in [0.05, 0.1) is 6.61 Å². The van der Waals surface area contributed by atoms with Gasteiger partial charge in [0.1, 0.15) is 11.6 Å². The first-order chi connectivity index (χ1) is 16.7. The Morgan fingerprint density at radius 1 is 1.09 bits per heavy atom. The second kappa shape index (κ2) is 9.84. The molecule has 4 aromatic rings. The van der Waals surface area contributed by atoms with Crippen LogP contribution in [-0.2, 0) is 12.8 Å². The van der Waals surface area contributed by atoms with E-state index in [4.69, 9.17) is 19.2 Å². The van der Waals surface area contributed by atoms with E-state index < -0.39 is 0 Å². The third kappa shape index (κ3) is 4.76. The predicted octanol–water partition coefficient (Wildman–Crippen LogP) is 6.63. The predicted molar refractivity (Wildman–Crippen MR) is 133 cm³/mol. The average Bonchev–Trinajstić information content (AvgIpc) is 3.40. The van der Waals surface area contributed by atoms with E-state index in [1.807, 2.05) is 31.3 Å². The normalized spacial score (nSPS) is 14.3. The number of hydrogen-bond acceptors (Lipinski definition) is 5. The lowest BCUT2D eigenvalue weighted by atomic mass is 10.1. The number of ether oxygens (including phenoxy) is 1. The zero-order valence-electron chi connectivity index (χ0n) is 20.2. The Bertz CT molecular complexity index is 1240. The van der Waals surface area contributed by atoms with Crippen LogP contribution in [0.5, 0.6) is 5.75 Å². The highest BCUT2D eigenvalue weighted by Gasteiger charge is 2.30. The lowest BCUT2D eigenvalue weighted by molar-refractivity contribution is 0.340. The van der Waals surface area contributed by atoms with Gasteiger partial charge >= 0.3 is 0 Å². The number of imidazole rings is 1. The van der Waals surface area contributed by atoms with E-state index in [1.165, 1.54) is 24.1 Å². The SMILES string of the molecule is CCCc1cccc(-c2noc(C(C)Cc3cnc(-c4ccc(OCC)cc4)n3C3CC3)n2)c1. The summed E-state index contributed by atoms with van der Waals surface area (Å²) in [5.74, 6) is 3.33. The van der Waals surface area contributed by atoms with Crippen LogP contribution in [0.4, 0.5) is 0 Å². The molecule has 6 nitrogen and oxygen atoms in total. The van der Waals surface area contributed by atoms with E-state index in [0.717, 1.165) is 42.0 Å². The van der Waals surface area contributed by atoms with E-state index in [-0.39, 0.29) is 5.92 Å². The van der Waals surface area contributed by atoms with E-state index in [0.29, 0.717) is 24.4 Å². The lowest BCUT2D eigenvalue weighted by Gasteiger charge is -2.13. The largest absolute Gasteiger partial charge is 0.494 e. The molecule has 2 aromatic carbocycles. The van der Waals surface area contributed by atoms with Crippen LogP contribution in [0.15, 0.2) is 59.3 Å². The molecule has 2 aromatic heterocycles. The summed E-state index contributed by atoms with van der Waals surface area (Å²) in [6.07, 6.45) is 7.37. The number of benzene rings is 2. The molecule has 1 unspecified atom stereocenters. The molecule has 0 saturated heterocycles. The second-order valence-corrected chi connectivity index (χ2v) is 9.14. The van der Waals surface area contributed by atoms with Crippen molar-refractivity contribution in [2.75, 3.05) is 6.61 Å². The number of hydrogen-bond donors (Lipinski definition) is 0. The smallest absolute Gasteiger partial charge is 0.230 e. The van der Waals surface area contributed by atoms with Crippen LogP contribution in [0.3, 0.4) is 0 Å². The topological polar surface area (TPSA) is 66.0 Å². The van der Waals surface area contributed by atoms with Gasteiger partial charge in [0.15, 0.2) is 0 Å². The summed E-state index contributed by atoms with van der Waals surface area (Å²) in [5, 5.41) is 4.28. The van der Waals surface area contributed by atoms with Gasteiger partial charge in [-0.25, -0.2) is 4.98 Å². The van der Waals surface area contributed by atoms with Crippen molar-refractivity contribution in [3.63, 3.8) is 0 Å². The van der Waals surface area contributed by atoms with Crippen molar-refractivity contribution in [3.05, 3.63) is 71.9 Å². The molecule has 1 atom stereocenters. The van der Waals surface area contributed by atoms with Crippen molar-refractivity contribution in [1.29, 1.82) is 0 Å². The minimum atomic E-state index is 0.0995. The van der Waals surface area contributed by atoms with E-state index in [1.54, 1.807) is 0 Å². The van der Waals surface area contributed by atoms with E-state index in [9.17, 15) is 0 Å². The third-order valence-corrected chi connectivity index (χ3v) is 6.31. The molecule has 0 bridgehead atoms. The molecular weight excluding hydrogens is 424 g/mol. The summed E-state index contributed by atoms with van der Waals surface area (Å²) in [7, 11) is 0. The summed E-state index contributed by atoms with van der Waals surface area (Å²) < 4.78 is 13.7. The first kappa shape index (κ1) is 22.4. The van der Waals surface area contributed by atoms with Crippen LogP contribution in [0, 0.1) is 0 Å². The third-order valence-electron chi connectivity index (χ3n) is 6.31. The van der Waals surface area contributed by atoms with Gasteiger partial charge in [-0.15, -0.1) is 0 Å². The van der Waals surface area contributed by atoms with Gasteiger partial charge in [-0.05, 0) is 62.1 Å². The van der Waals surface area contributed by atoms with Crippen LogP contribution < -0.4 is 4.74 Å². The minimum Gasteiger partial charge on any atom is -0.494 e. The van der Waals surface area contributed by atoms with Crippen LogP contribution in [-0.4, -0.2) is 26.3 Å². The van der Waals surface area contributed by atoms with Gasteiger partial charge in [-0.1, -0.05) is 43.6 Å². The molecule has 0 amide bonds. The molecule has 1 aliphatic carbocycles. The number of nitrogens with zero attached hydrogens (tertiary/aromatic N) is 4. The van der Waals surface area contributed by atoms with Crippen molar-refractivity contribution in [2.45, 2.75) is 64.8 Å². The van der Waals surface area contributed by atoms with Crippen LogP contribution in [0.1, 0.15) is 69.1 Å². The molecule has 5 rings (SSSR count). The molecule has 2 heterocycles. The summed E-state index contributed by atoms with van der Waals surface area (Å²) in [6.45, 7) is 7.00. The lowest BCUT2D eigenvalue weighted by Crippen LogP contribution is -2.07. The number of aromatic nitrogens is 4. The van der Waals surface area contributed by atoms with Gasteiger partial charge in [-0.2, -0.15) is 4.98 Å². The highest BCUT2D eigenvalue weighted by Crippen LogP contribution is 2.40. The van der Waals surface area contributed by atoms with Crippen LogP contribution in [0.25, 0.3) is 22.8 Å². The Hall–Kier alpha value is -3.41. The maximum Gasteiger partial charge on any atom is 0.230 e. The molecule has 1 saturated carbocycles. The Morgan fingerprint density at radius 2 is 1.91 bits per heavy atom. The summed E-state index contributed by atoms with van der Waals surface area (Å²) in [4.78, 5) is 9.54. The number of rotatable bonds is 10. The zero-order valence-corrected chi connectivity index (χ0v) is 20.2. The zero-order chi connectivity index (χ0) is 23.5. The highest BCUT2D eigenvalue weighted by molar-refractivity contribution is 5.58. The molecule has 34 heavy (non-hydrogen) atoms. The molecule has 0 spiro atoms. The van der Waals surface area contributed by atoms with Crippen LogP contribution >= 0.6 is 0 Å². The fourth-order valence-electron chi connectivity index (χ4n) is 4.48. The Balaban J connectivity index is 1.35. The highest BCUT2D eigenvalue weighted by atomic mass is 16.5. The van der Waals surface area contributed by atoms with Gasteiger partial charge < -0.3 is 13.8 Å². The van der Waals surface area contributed by atoms with E-state index >= 15 is 0 Å². The fourth-order valence-corrected chi connectivity index (χ4v) is 4.48. The maximum atomic E-state index is 5.69. The van der Waals surface area contributed by atoms with Crippen molar-refractivity contribution >= 4 is 0 Å². The Labute approximate surface area is 201 Å². The average molecular weight is 457 g/mol. The summed E-state index contributed by atoms with van der Waals surface area (Å²) in [6, 6.07) is 17.2. The molecule has 0 aliphatic heterocycles. The quantitative estimate of drug-likeness (QED) is 0.268. The van der Waals surface area contributed by atoms with Gasteiger partial charge in [-0.3, -0.25) is 0 Å². The maximum absolute atomic E-state index is 5.69. The molecular formula is C28H32N4O2. The standard InChI is InChI=1S/C28H32N4O2/c1-4-7-20-8-6-9-22(17-20)26-30-28(34-31-26)19(3)16-24-18-29-27(32(24)23-12-13-23)21-10-14-25(15-11-21)33-5-2/h6,8-11,14-15,17-19,23H,4-5,7,12-13,16H2,1-3H3. The van der Waals surface area contributed by atoms with E-state index in [2.05, 4.69) is 53.9 Å². The van der Waals surface area contributed by atoms with Crippen molar-refractivity contribution in [3.8, 4) is 28.5 Å². The van der Waals surface area contributed by atoms with Crippen molar-refractivity contribution in [2.24, 2.45) is 0 Å². The van der Waals surface area contributed by atoms with Crippen molar-refractivity contribution in [1.82, 2.24) is 19.7 Å². The monoisotopic (exact) mass is 456 g/mol. The van der Waals surface area contributed by atoms with Crippen LogP contribution in [0.2, 0.25) is 0 Å². The molecule has 176 valence electrons.